The second-order valence-corrected chi connectivity index (χ2v) is 5.98. The number of rotatable bonds is 6. The van der Waals surface area contributed by atoms with Crippen molar-refractivity contribution in [3.8, 4) is 5.75 Å². The summed E-state index contributed by atoms with van der Waals surface area (Å²) in [4.78, 5) is 14.2. The summed E-state index contributed by atoms with van der Waals surface area (Å²) in [5.74, 6) is 0.322. The minimum absolute atomic E-state index is 0.232. The summed E-state index contributed by atoms with van der Waals surface area (Å²) in [6.45, 7) is 2.08. The van der Waals surface area contributed by atoms with Crippen LogP contribution in [0.5, 0.6) is 5.75 Å². The molecule has 0 fully saturated rings. The third kappa shape index (κ3) is 4.98. The van der Waals surface area contributed by atoms with E-state index in [9.17, 15) is 18.0 Å². The Morgan fingerprint density at radius 2 is 1.77 bits per heavy atom. The summed E-state index contributed by atoms with van der Waals surface area (Å²) in [6, 6.07) is 11.5. The highest BCUT2D eigenvalue weighted by Crippen LogP contribution is 2.29. The van der Waals surface area contributed by atoms with Crippen LogP contribution in [0.4, 0.5) is 18.9 Å². The van der Waals surface area contributed by atoms with Crippen molar-refractivity contribution in [2.45, 2.75) is 25.7 Å². The second-order valence-electron chi connectivity index (χ2n) is 5.98. The zero-order valence-corrected chi connectivity index (χ0v) is 14.8. The molecular formula is C19H21F3N2O2. The molecule has 4 nitrogen and oxygen atoms in total. The highest BCUT2D eigenvalue weighted by Gasteiger charge is 2.30. The second kappa shape index (κ2) is 8.23. The van der Waals surface area contributed by atoms with Gasteiger partial charge in [-0.25, -0.2) is 0 Å². The van der Waals surface area contributed by atoms with Gasteiger partial charge in [-0.1, -0.05) is 24.3 Å². The zero-order chi connectivity index (χ0) is 19.3. The lowest BCUT2D eigenvalue weighted by atomic mass is 10.1. The summed E-state index contributed by atoms with van der Waals surface area (Å²) in [6.07, 6.45) is -4.35. The number of halogens is 3. The molecule has 1 amide bonds. The van der Waals surface area contributed by atoms with Gasteiger partial charge in [0.25, 0.3) is 0 Å². The summed E-state index contributed by atoms with van der Waals surface area (Å²) >= 11 is 0. The van der Waals surface area contributed by atoms with Crippen LogP contribution in [0.1, 0.15) is 18.1 Å². The van der Waals surface area contributed by atoms with Crippen LogP contribution >= 0.6 is 0 Å². The number of ether oxygens (including phenoxy) is 1. The number of amides is 1. The van der Waals surface area contributed by atoms with Crippen molar-refractivity contribution >= 4 is 11.6 Å². The average Bonchev–Trinajstić information content (AvgIpc) is 2.61. The number of carbonyl (C=O) groups excluding carboxylic acids is 1. The van der Waals surface area contributed by atoms with Crippen LogP contribution in [0, 0.1) is 0 Å². The molecule has 1 unspecified atom stereocenters. The summed E-state index contributed by atoms with van der Waals surface area (Å²) in [7, 11) is 3.26. The number of anilines is 1. The molecule has 140 valence electrons. The van der Waals surface area contributed by atoms with E-state index in [1.54, 1.807) is 43.1 Å². The predicted molar refractivity (Wildman–Crippen MR) is 94.0 cm³/mol. The number of hydrogen-bond donors (Lipinski definition) is 1. The molecule has 1 N–H and O–H groups in total. The van der Waals surface area contributed by atoms with Crippen molar-refractivity contribution in [2.24, 2.45) is 0 Å². The Labute approximate surface area is 150 Å². The Balaban J connectivity index is 2.00. The standard InChI is InChI=1S/C19H21F3N2O2/c1-13(18(25)23-16-6-4-5-7-17(16)26-3)24(2)12-14-8-10-15(11-9-14)19(20,21)22/h4-11,13H,12H2,1-3H3,(H,23,25). The van der Waals surface area contributed by atoms with Crippen molar-refractivity contribution in [3.63, 3.8) is 0 Å². The van der Waals surface area contributed by atoms with Gasteiger partial charge in [0.2, 0.25) is 5.91 Å². The van der Waals surface area contributed by atoms with Crippen molar-refractivity contribution in [3.05, 3.63) is 59.7 Å². The van der Waals surface area contributed by atoms with E-state index >= 15 is 0 Å². The quantitative estimate of drug-likeness (QED) is 0.834. The van der Waals surface area contributed by atoms with Crippen LogP contribution in [0.15, 0.2) is 48.5 Å². The number of hydrogen-bond acceptors (Lipinski definition) is 3. The first-order valence-electron chi connectivity index (χ1n) is 8.02. The van der Waals surface area contributed by atoms with Gasteiger partial charge in [0.1, 0.15) is 5.75 Å². The fourth-order valence-corrected chi connectivity index (χ4v) is 2.41. The van der Waals surface area contributed by atoms with Gasteiger partial charge in [0.05, 0.1) is 24.4 Å². The number of alkyl halides is 3. The SMILES string of the molecule is COc1ccccc1NC(=O)C(C)N(C)Cc1ccc(C(F)(F)F)cc1. The monoisotopic (exact) mass is 366 g/mol. The topological polar surface area (TPSA) is 41.6 Å². The molecule has 0 bridgehead atoms. The molecule has 0 saturated carbocycles. The van der Waals surface area contributed by atoms with Crippen LogP contribution in [-0.2, 0) is 17.5 Å². The third-order valence-corrected chi connectivity index (χ3v) is 4.12. The molecule has 0 aromatic heterocycles. The van der Waals surface area contributed by atoms with Crippen molar-refractivity contribution in [1.29, 1.82) is 0 Å². The molecule has 0 radical (unpaired) electrons. The zero-order valence-electron chi connectivity index (χ0n) is 14.8. The van der Waals surface area contributed by atoms with Crippen LogP contribution in [0.25, 0.3) is 0 Å². The van der Waals surface area contributed by atoms with Gasteiger partial charge < -0.3 is 10.1 Å². The third-order valence-electron chi connectivity index (χ3n) is 4.12. The number of benzene rings is 2. The van der Waals surface area contributed by atoms with Crippen molar-refractivity contribution in [2.75, 3.05) is 19.5 Å². The maximum atomic E-state index is 12.6. The Bertz CT molecular complexity index is 745. The highest BCUT2D eigenvalue weighted by atomic mass is 19.4. The fraction of sp³-hybridized carbons (Fsp3) is 0.316. The maximum Gasteiger partial charge on any atom is 0.416 e. The number of nitrogens with zero attached hydrogens (tertiary/aromatic N) is 1. The Hall–Kier alpha value is -2.54. The molecule has 1 atom stereocenters. The lowest BCUT2D eigenvalue weighted by molar-refractivity contribution is -0.137. The Kier molecular flexibility index (Phi) is 6.26. The molecule has 2 aromatic carbocycles. The Morgan fingerprint density at radius 1 is 1.15 bits per heavy atom. The lowest BCUT2D eigenvalue weighted by Crippen LogP contribution is -2.39. The van der Waals surface area contributed by atoms with E-state index in [0.717, 1.165) is 12.1 Å². The smallest absolute Gasteiger partial charge is 0.416 e. The van der Waals surface area contributed by atoms with Crippen LogP contribution < -0.4 is 10.1 Å². The van der Waals surface area contributed by atoms with Crippen molar-refractivity contribution < 1.29 is 22.7 Å². The first kappa shape index (κ1) is 19.8. The molecule has 0 aliphatic carbocycles. The molecule has 2 rings (SSSR count). The van der Waals surface area contributed by atoms with E-state index in [0.29, 0.717) is 23.5 Å². The average molecular weight is 366 g/mol. The molecule has 26 heavy (non-hydrogen) atoms. The molecule has 0 aliphatic heterocycles. The minimum Gasteiger partial charge on any atom is -0.495 e. The molecule has 7 heteroatoms. The summed E-state index contributed by atoms with van der Waals surface area (Å²) < 4.78 is 43.0. The number of likely N-dealkylation sites (N-methyl/N-ethyl adjacent to an activating group) is 1. The number of nitrogens with one attached hydrogen (secondary N) is 1. The molecule has 0 heterocycles. The van der Waals surface area contributed by atoms with Gasteiger partial charge in [-0.2, -0.15) is 13.2 Å². The van der Waals surface area contributed by atoms with E-state index in [1.165, 1.54) is 19.2 Å². The van der Waals surface area contributed by atoms with Crippen LogP contribution in [-0.4, -0.2) is 31.0 Å². The van der Waals surface area contributed by atoms with E-state index < -0.39 is 17.8 Å². The molecule has 0 saturated heterocycles. The van der Waals surface area contributed by atoms with E-state index in [-0.39, 0.29) is 5.91 Å². The Morgan fingerprint density at radius 3 is 2.35 bits per heavy atom. The van der Waals surface area contributed by atoms with Gasteiger partial charge in [-0.3, -0.25) is 9.69 Å². The lowest BCUT2D eigenvalue weighted by Gasteiger charge is -2.24. The first-order chi connectivity index (χ1) is 12.2. The molecular weight excluding hydrogens is 345 g/mol. The first-order valence-corrected chi connectivity index (χ1v) is 8.02. The van der Waals surface area contributed by atoms with E-state index in [1.807, 2.05) is 0 Å². The van der Waals surface area contributed by atoms with Crippen molar-refractivity contribution in [1.82, 2.24) is 4.90 Å². The summed E-state index contributed by atoms with van der Waals surface area (Å²) in [5, 5.41) is 2.80. The van der Waals surface area contributed by atoms with E-state index in [4.69, 9.17) is 4.74 Å². The van der Waals surface area contributed by atoms with Gasteiger partial charge in [-0.05, 0) is 43.8 Å². The van der Waals surface area contributed by atoms with Gasteiger partial charge in [0.15, 0.2) is 0 Å². The van der Waals surface area contributed by atoms with E-state index in [2.05, 4.69) is 5.32 Å². The predicted octanol–water partition coefficient (Wildman–Crippen LogP) is 4.17. The largest absolute Gasteiger partial charge is 0.495 e. The number of methoxy groups -OCH3 is 1. The highest BCUT2D eigenvalue weighted by molar-refractivity contribution is 5.95. The van der Waals surface area contributed by atoms with Crippen LogP contribution in [0.3, 0.4) is 0 Å². The molecule has 0 spiro atoms. The molecule has 0 aliphatic rings. The maximum absolute atomic E-state index is 12.6. The van der Waals surface area contributed by atoms with Gasteiger partial charge in [-0.15, -0.1) is 0 Å². The number of para-hydroxylation sites is 2. The summed E-state index contributed by atoms with van der Waals surface area (Å²) in [5.41, 5.74) is 0.568. The minimum atomic E-state index is -4.35. The van der Waals surface area contributed by atoms with Gasteiger partial charge in [0, 0.05) is 6.54 Å². The number of carbonyl (C=O) groups is 1. The molecule has 2 aromatic rings. The normalized spacial score (nSPS) is 12.7. The van der Waals surface area contributed by atoms with Gasteiger partial charge >= 0.3 is 6.18 Å². The fourth-order valence-electron chi connectivity index (χ4n) is 2.41. The van der Waals surface area contributed by atoms with Crippen LogP contribution in [0.2, 0.25) is 0 Å².